The molecule has 0 nitrogen and oxygen atoms in total. The molecule has 0 N–H and O–H groups in total. The van der Waals surface area contributed by atoms with Gasteiger partial charge in [0.05, 0.1) is 7.85 Å². The summed E-state index contributed by atoms with van der Waals surface area (Å²) in [6.07, 6.45) is 19.4. The second kappa shape index (κ2) is 11.1. The van der Waals surface area contributed by atoms with Gasteiger partial charge in [-0.25, -0.2) is 0 Å². The summed E-state index contributed by atoms with van der Waals surface area (Å²) in [5.74, 6) is 2.12. The van der Waals surface area contributed by atoms with Crippen LogP contribution in [0.2, 0.25) is 5.31 Å². The van der Waals surface area contributed by atoms with E-state index < -0.39 is 0 Å². The second-order valence-electron chi connectivity index (χ2n) is 11.4. The van der Waals surface area contributed by atoms with Crippen molar-refractivity contribution in [3.05, 3.63) is 0 Å². The molecule has 0 heterocycles. The molecule has 0 aromatic carbocycles. The Balaban J connectivity index is 0.000000193. The Morgan fingerprint density at radius 1 is 0.552 bits per heavy atom. The van der Waals surface area contributed by atoms with Gasteiger partial charge in [0, 0.05) is 0 Å². The molecule has 0 aromatic rings. The number of rotatable bonds is 0. The van der Waals surface area contributed by atoms with Crippen molar-refractivity contribution in [1.29, 1.82) is 0 Å². The van der Waals surface area contributed by atoms with Crippen molar-refractivity contribution in [2.75, 3.05) is 0 Å². The molecule has 1 heteroatoms. The van der Waals surface area contributed by atoms with Gasteiger partial charge in [-0.3, -0.25) is 0 Å². The maximum atomic E-state index is 5.84. The largest absolute Gasteiger partial charge is 0.0743 e. The third kappa shape index (κ3) is 8.25. The Morgan fingerprint density at radius 2 is 0.931 bits per heavy atom. The van der Waals surface area contributed by atoms with Crippen molar-refractivity contribution in [2.24, 2.45) is 28.1 Å². The maximum absolute atomic E-state index is 5.84. The standard InChI is InChI=1S/C8H14.C7H11B.C7H12.3C2H6/c1-7-2-3-8(6-7)4-5-8;1-6(8)4-7(5-6)2-3-7;1-6-4-7(5-6)2-3-7;3*1-2/h7H,2-6H2,1H3;2-5H2,1H3;6H,2-5H2,1H3;3*1-2H3. The molecule has 6 saturated carbocycles. The van der Waals surface area contributed by atoms with Crippen LogP contribution in [0.3, 0.4) is 0 Å². The molecule has 6 aliphatic carbocycles. The normalized spacial score (nSPS) is 33.9. The van der Waals surface area contributed by atoms with E-state index in [0.29, 0.717) is 0 Å². The summed E-state index contributed by atoms with van der Waals surface area (Å²) in [6.45, 7) is 18.9. The highest BCUT2D eigenvalue weighted by atomic mass is 14.6. The first kappa shape index (κ1) is 27.1. The highest BCUT2D eigenvalue weighted by Gasteiger charge is 2.55. The first-order chi connectivity index (χ1) is 13.7. The molecule has 0 aliphatic heterocycles. The number of hydrogen-bond acceptors (Lipinski definition) is 0. The fourth-order valence-electron chi connectivity index (χ4n) is 6.32. The van der Waals surface area contributed by atoms with Crippen LogP contribution < -0.4 is 0 Å². The van der Waals surface area contributed by atoms with Crippen LogP contribution in [0, 0.1) is 28.1 Å². The molecule has 1 atom stereocenters. The van der Waals surface area contributed by atoms with Gasteiger partial charge in [0.2, 0.25) is 0 Å². The van der Waals surface area contributed by atoms with Crippen molar-refractivity contribution in [3.8, 4) is 0 Å². The molecule has 1 unspecified atom stereocenters. The summed E-state index contributed by atoms with van der Waals surface area (Å²) >= 11 is 0. The third-order valence-corrected chi connectivity index (χ3v) is 7.94. The molecule has 6 rings (SSSR count). The smallest absolute Gasteiger partial charge is 0.0683 e. The quantitative estimate of drug-likeness (QED) is 0.354. The van der Waals surface area contributed by atoms with E-state index in [-0.39, 0.29) is 5.31 Å². The predicted octanol–water partition coefficient (Wildman–Crippen LogP) is 9.77. The van der Waals surface area contributed by atoms with Crippen LogP contribution in [-0.4, -0.2) is 7.85 Å². The predicted molar refractivity (Wildman–Crippen MR) is 134 cm³/mol. The molecule has 170 valence electrons. The number of hydrogen-bond donors (Lipinski definition) is 0. The van der Waals surface area contributed by atoms with E-state index >= 15 is 0 Å². The van der Waals surface area contributed by atoms with E-state index in [1.54, 1.807) is 51.4 Å². The van der Waals surface area contributed by atoms with E-state index in [0.717, 1.165) is 28.1 Å². The molecule has 6 fully saturated rings. The minimum Gasteiger partial charge on any atom is -0.0683 e. The average Bonchev–Trinajstić information content (AvgIpc) is 3.57. The van der Waals surface area contributed by atoms with E-state index in [4.69, 9.17) is 7.85 Å². The first-order valence-corrected chi connectivity index (χ1v) is 13.5. The Kier molecular flexibility index (Phi) is 10.4. The fourth-order valence-corrected chi connectivity index (χ4v) is 6.32. The molecule has 0 saturated heterocycles. The van der Waals surface area contributed by atoms with Crippen LogP contribution in [0.4, 0.5) is 0 Å². The van der Waals surface area contributed by atoms with E-state index in [1.165, 1.54) is 32.1 Å². The highest BCUT2D eigenvalue weighted by Crippen LogP contribution is 2.70. The van der Waals surface area contributed by atoms with E-state index in [9.17, 15) is 0 Å². The zero-order valence-electron chi connectivity index (χ0n) is 21.9. The van der Waals surface area contributed by atoms with Crippen molar-refractivity contribution < 1.29 is 0 Å². The minimum absolute atomic E-state index is 0.219. The van der Waals surface area contributed by atoms with Gasteiger partial charge in [-0.1, -0.05) is 86.9 Å². The Labute approximate surface area is 187 Å². The average molecular weight is 403 g/mol. The summed E-state index contributed by atoms with van der Waals surface area (Å²) in [7, 11) is 5.84. The fraction of sp³-hybridized carbons (Fsp3) is 1.00. The summed E-state index contributed by atoms with van der Waals surface area (Å²) in [5, 5.41) is 0.219. The highest BCUT2D eigenvalue weighted by molar-refractivity contribution is 6.15. The van der Waals surface area contributed by atoms with Gasteiger partial charge < -0.3 is 0 Å². The van der Waals surface area contributed by atoms with Gasteiger partial charge in [0.15, 0.2) is 0 Å². The second-order valence-corrected chi connectivity index (χ2v) is 11.4. The Morgan fingerprint density at radius 3 is 1.07 bits per heavy atom. The molecule has 0 aromatic heterocycles. The van der Waals surface area contributed by atoms with Gasteiger partial charge in [-0.15, -0.1) is 0 Å². The third-order valence-electron chi connectivity index (χ3n) is 7.94. The lowest BCUT2D eigenvalue weighted by atomic mass is 9.50. The van der Waals surface area contributed by atoms with Crippen LogP contribution in [-0.2, 0) is 0 Å². The molecule has 0 amide bonds. The van der Waals surface area contributed by atoms with Crippen molar-refractivity contribution >= 4 is 7.85 Å². The Hall–Kier alpha value is 0.0649. The van der Waals surface area contributed by atoms with Gasteiger partial charge in [-0.2, -0.15) is 0 Å². The van der Waals surface area contributed by atoms with Crippen molar-refractivity contribution in [3.63, 3.8) is 0 Å². The van der Waals surface area contributed by atoms with Crippen LogP contribution in [0.5, 0.6) is 0 Å². The minimum atomic E-state index is 0.219. The Bertz CT molecular complexity index is 431. The zero-order chi connectivity index (χ0) is 22.3. The van der Waals surface area contributed by atoms with Crippen LogP contribution in [0.1, 0.15) is 146 Å². The lowest BCUT2D eigenvalue weighted by Gasteiger charge is -2.44. The molecule has 2 radical (unpaired) electrons. The van der Waals surface area contributed by atoms with Crippen molar-refractivity contribution in [2.45, 2.75) is 151 Å². The first-order valence-electron chi connectivity index (χ1n) is 13.5. The molecular weight excluding hydrogens is 347 g/mol. The van der Waals surface area contributed by atoms with Crippen molar-refractivity contribution in [1.82, 2.24) is 0 Å². The summed E-state index contributed by atoms with van der Waals surface area (Å²) in [5.41, 5.74) is 2.64. The van der Waals surface area contributed by atoms with Gasteiger partial charge in [0.1, 0.15) is 0 Å². The molecule has 0 bridgehead atoms. The van der Waals surface area contributed by atoms with Gasteiger partial charge in [0.25, 0.3) is 0 Å². The maximum Gasteiger partial charge on any atom is 0.0743 e. The summed E-state index contributed by atoms with van der Waals surface area (Å²) in [4.78, 5) is 0. The van der Waals surface area contributed by atoms with Crippen LogP contribution in [0.25, 0.3) is 0 Å². The molecule has 3 spiro atoms. The lowest BCUT2D eigenvalue weighted by molar-refractivity contribution is 0.187. The molecule has 29 heavy (non-hydrogen) atoms. The summed E-state index contributed by atoms with van der Waals surface area (Å²) in [6, 6.07) is 0. The zero-order valence-corrected chi connectivity index (χ0v) is 21.9. The lowest BCUT2D eigenvalue weighted by Crippen LogP contribution is -2.29. The van der Waals surface area contributed by atoms with E-state index in [1.807, 2.05) is 41.5 Å². The molecular formula is C28H55B. The van der Waals surface area contributed by atoms with Crippen LogP contribution in [0.15, 0.2) is 0 Å². The monoisotopic (exact) mass is 402 g/mol. The molecule has 6 aliphatic rings. The van der Waals surface area contributed by atoms with Gasteiger partial charge >= 0.3 is 0 Å². The summed E-state index contributed by atoms with van der Waals surface area (Å²) < 4.78 is 0. The van der Waals surface area contributed by atoms with Crippen LogP contribution >= 0.6 is 0 Å². The van der Waals surface area contributed by atoms with Gasteiger partial charge in [-0.05, 0) is 92.3 Å². The van der Waals surface area contributed by atoms with E-state index in [2.05, 4.69) is 20.8 Å². The SMILES string of the molecule is CC.CC.CC.CC1CC2(CC2)C1.CC1CCC2(CC2)C1.[B]C1(C)CC2(CC2)C1. The topological polar surface area (TPSA) is 0 Å².